The summed E-state index contributed by atoms with van der Waals surface area (Å²) in [5, 5.41) is 10.0. The largest absolute Gasteiger partial charge is 0.419 e. The van der Waals surface area contributed by atoms with E-state index >= 15 is 0 Å². The van der Waals surface area contributed by atoms with Gasteiger partial charge < -0.3 is 10.2 Å². The van der Waals surface area contributed by atoms with E-state index in [1.54, 1.807) is 11.3 Å². The maximum Gasteiger partial charge on any atom is 0.247 e. The molecule has 0 fully saturated rings. The fraction of sp³-hybridized carbons (Fsp3) is 0.333. The summed E-state index contributed by atoms with van der Waals surface area (Å²) in [6.07, 6.45) is 3.38. The molecule has 0 aliphatic heterocycles. The van der Waals surface area contributed by atoms with E-state index in [2.05, 4.69) is 22.1 Å². The Labute approximate surface area is 177 Å². The Hall–Kier alpha value is -2.45. The van der Waals surface area contributed by atoms with Gasteiger partial charge in [-0.25, -0.2) is 9.97 Å². The normalized spacial score (nSPS) is 17.4. The summed E-state index contributed by atoms with van der Waals surface area (Å²) >= 11 is 3.25. The lowest BCUT2D eigenvalue weighted by atomic mass is 9.89. The van der Waals surface area contributed by atoms with E-state index in [1.807, 2.05) is 37.3 Å². The molecule has 29 heavy (non-hydrogen) atoms. The molecule has 0 amide bonds. The van der Waals surface area contributed by atoms with Crippen molar-refractivity contribution in [1.29, 1.82) is 0 Å². The monoisotopic (exact) mass is 423 g/mol. The van der Waals surface area contributed by atoms with E-state index in [1.165, 1.54) is 28.6 Å². The predicted octanol–water partition coefficient (Wildman–Crippen LogP) is 5.30. The van der Waals surface area contributed by atoms with Crippen molar-refractivity contribution in [3.05, 3.63) is 46.7 Å². The van der Waals surface area contributed by atoms with Crippen LogP contribution in [0, 0.1) is 5.92 Å². The van der Waals surface area contributed by atoms with Gasteiger partial charge in [-0.3, -0.25) is 0 Å². The lowest BCUT2D eigenvalue weighted by Gasteiger charge is -2.17. The molecule has 4 aromatic rings. The first kappa shape index (κ1) is 18.6. The average molecular weight is 424 g/mol. The number of nitrogen functional groups attached to an aromatic ring is 1. The molecule has 6 nitrogen and oxygen atoms in total. The lowest BCUT2D eigenvalue weighted by Crippen LogP contribution is -2.09. The van der Waals surface area contributed by atoms with Gasteiger partial charge in [-0.05, 0) is 49.8 Å². The number of nitrogens with zero attached hydrogens (tertiary/aromatic N) is 4. The first-order valence-corrected chi connectivity index (χ1v) is 11.4. The van der Waals surface area contributed by atoms with Crippen molar-refractivity contribution in [2.75, 3.05) is 5.73 Å². The standard InChI is InChI=1S/C21H21N5OS2/c1-11-8-9-14-15(10-11)29-20-16(14)17(22)23-21(24-20)28-12(2)18-25-26-19(27-18)13-6-4-3-5-7-13/h3-7,11-12H,8-10H2,1-2H3,(H2,22,23,24)/t11-,12+/m1/s1. The molecule has 0 bridgehead atoms. The van der Waals surface area contributed by atoms with Crippen LogP contribution in [0.1, 0.15) is 41.8 Å². The van der Waals surface area contributed by atoms with E-state index in [0.717, 1.165) is 34.5 Å². The lowest BCUT2D eigenvalue weighted by molar-refractivity contribution is 0.509. The zero-order valence-electron chi connectivity index (χ0n) is 16.3. The molecule has 3 aromatic heterocycles. The fourth-order valence-corrected chi connectivity index (χ4v) is 5.96. The van der Waals surface area contributed by atoms with Crippen molar-refractivity contribution in [3.63, 3.8) is 0 Å². The van der Waals surface area contributed by atoms with Gasteiger partial charge in [0.15, 0.2) is 5.16 Å². The second-order valence-electron chi connectivity index (χ2n) is 7.49. The van der Waals surface area contributed by atoms with E-state index in [4.69, 9.17) is 15.1 Å². The highest BCUT2D eigenvalue weighted by Gasteiger charge is 2.24. The van der Waals surface area contributed by atoms with Gasteiger partial charge in [-0.1, -0.05) is 36.9 Å². The zero-order chi connectivity index (χ0) is 20.0. The molecule has 3 heterocycles. The third-order valence-electron chi connectivity index (χ3n) is 5.25. The number of rotatable bonds is 4. The van der Waals surface area contributed by atoms with Crippen molar-refractivity contribution in [3.8, 4) is 11.5 Å². The fourth-order valence-electron chi connectivity index (χ4n) is 3.71. The zero-order valence-corrected chi connectivity index (χ0v) is 17.9. The molecule has 8 heteroatoms. The van der Waals surface area contributed by atoms with Gasteiger partial charge >= 0.3 is 0 Å². The molecule has 2 N–H and O–H groups in total. The minimum atomic E-state index is -0.0774. The Kier molecular flexibility index (Phi) is 4.75. The molecule has 1 aliphatic rings. The van der Waals surface area contributed by atoms with E-state index < -0.39 is 0 Å². The van der Waals surface area contributed by atoms with Gasteiger partial charge in [-0.15, -0.1) is 21.5 Å². The number of anilines is 1. The van der Waals surface area contributed by atoms with Crippen LogP contribution < -0.4 is 5.73 Å². The first-order chi connectivity index (χ1) is 14.1. The van der Waals surface area contributed by atoms with Crippen LogP contribution in [0.3, 0.4) is 0 Å². The molecule has 2 atom stereocenters. The SMILES string of the molecule is C[C@@H]1CCc2c(sc3nc(S[C@@H](C)c4nnc(-c5ccccc5)o4)nc(N)c23)C1. The second-order valence-corrected chi connectivity index (χ2v) is 9.89. The highest BCUT2D eigenvalue weighted by molar-refractivity contribution is 7.99. The quantitative estimate of drug-likeness (QED) is 0.352. The predicted molar refractivity (Wildman–Crippen MR) is 117 cm³/mol. The van der Waals surface area contributed by atoms with Crippen LogP contribution in [0.4, 0.5) is 5.82 Å². The molecule has 1 aliphatic carbocycles. The summed E-state index contributed by atoms with van der Waals surface area (Å²) in [5.41, 5.74) is 8.61. The molecular formula is C21H21N5OS2. The van der Waals surface area contributed by atoms with Crippen molar-refractivity contribution in [1.82, 2.24) is 20.2 Å². The van der Waals surface area contributed by atoms with Crippen LogP contribution in [0.15, 0.2) is 39.9 Å². The Morgan fingerprint density at radius 1 is 1.21 bits per heavy atom. The maximum atomic E-state index is 6.35. The number of benzene rings is 1. The van der Waals surface area contributed by atoms with Crippen LogP contribution in [0.25, 0.3) is 21.7 Å². The molecule has 5 rings (SSSR count). The van der Waals surface area contributed by atoms with Gasteiger partial charge in [-0.2, -0.15) is 0 Å². The highest BCUT2D eigenvalue weighted by Crippen LogP contribution is 2.41. The maximum absolute atomic E-state index is 6.35. The Bertz CT molecular complexity index is 1170. The molecule has 0 unspecified atom stereocenters. The van der Waals surface area contributed by atoms with E-state index in [9.17, 15) is 0 Å². The van der Waals surface area contributed by atoms with Gasteiger partial charge in [0.2, 0.25) is 11.8 Å². The Balaban J connectivity index is 1.41. The van der Waals surface area contributed by atoms with Crippen molar-refractivity contribution in [2.45, 2.75) is 43.5 Å². The Morgan fingerprint density at radius 2 is 2.03 bits per heavy atom. The van der Waals surface area contributed by atoms with Crippen LogP contribution in [-0.4, -0.2) is 20.2 Å². The molecule has 0 spiro atoms. The van der Waals surface area contributed by atoms with Gasteiger partial charge in [0.05, 0.1) is 10.6 Å². The summed E-state index contributed by atoms with van der Waals surface area (Å²) in [6, 6.07) is 9.76. The van der Waals surface area contributed by atoms with Crippen LogP contribution >= 0.6 is 23.1 Å². The average Bonchev–Trinajstić information content (AvgIpc) is 3.33. The summed E-state index contributed by atoms with van der Waals surface area (Å²) < 4.78 is 5.87. The molecule has 0 radical (unpaired) electrons. The highest BCUT2D eigenvalue weighted by atomic mass is 32.2. The van der Waals surface area contributed by atoms with E-state index in [-0.39, 0.29) is 5.25 Å². The van der Waals surface area contributed by atoms with E-state index in [0.29, 0.717) is 22.8 Å². The first-order valence-electron chi connectivity index (χ1n) is 9.71. The summed E-state index contributed by atoms with van der Waals surface area (Å²) in [7, 11) is 0. The van der Waals surface area contributed by atoms with Crippen LogP contribution in [0.2, 0.25) is 0 Å². The number of fused-ring (bicyclic) bond motifs is 3. The molecule has 0 saturated carbocycles. The molecular weight excluding hydrogens is 402 g/mol. The molecule has 0 saturated heterocycles. The minimum absolute atomic E-state index is 0.0774. The minimum Gasteiger partial charge on any atom is -0.419 e. The Morgan fingerprint density at radius 3 is 2.86 bits per heavy atom. The van der Waals surface area contributed by atoms with Crippen LogP contribution in [0.5, 0.6) is 0 Å². The number of hydrogen-bond donors (Lipinski definition) is 1. The van der Waals surface area contributed by atoms with Crippen molar-refractivity contribution >= 4 is 39.1 Å². The summed E-state index contributed by atoms with van der Waals surface area (Å²) in [5.74, 6) is 2.36. The van der Waals surface area contributed by atoms with Crippen LogP contribution in [-0.2, 0) is 12.8 Å². The van der Waals surface area contributed by atoms with Crippen molar-refractivity contribution in [2.24, 2.45) is 5.92 Å². The number of thioether (sulfide) groups is 1. The second kappa shape index (κ2) is 7.42. The number of aryl methyl sites for hydroxylation is 1. The number of thiophene rings is 1. The summed E-state index contributed by atoms with van der Waals surface area (Å²) in [6.45, 7) is 4.32. The number of hydrogen-bond acceptors (Lipinski definition) is 8. The topological polar surface area (TPSA) is 90.7 Å². The van der Waals surface area contributed by atoms with Gasteiger partial charge in [0.1, 0.15) is 10.6 Å². The van der Waals surface area contributed by atoms with Gasteiger partial charge in [0, 0.05) is 10.4 Å². The van der Waals surface area contributed by atoms with Gasteiger partial charge in [0.25, 0.3) is 0 Å². The third kappa shape index (κ3) is 3.51. The molecule has 148 valence electrons. The summed E-state index contributed by atoms with van der Waals surface area (Å²) in [4.78, 5) is 11.8. The third-order valence-corrected chi connectivity index (χ3v) is 7.35. The molecule has 1 aromatic carbocycles. The smallest absolute Gasteiger partial charge is 0.247 e. The number of nitrogens with two attached hydrogens (primary N) is 1. The number of aromatic nitrogens is 4. The van der Waals surface area contributed by atoms with Crippen molar-refractivity contribution < 1.29 is 4.42 Å².